The van der Waals surface area contributed by atoms with Crippen LogP contribution in [0, 0.1) is 5.82 Å². The Morgan fingerprint density at radius 2 is 2.18 bits per heavy atom. The molecular weight excluding hydrogens is 183 g/mol. The van der Waals surface area contributed by atoms with Crippen molar-refractivity contribution >= 4 is 24.0 Å². The third-order valence-electron chi connectivity index (χ3n) is 1.37. The largest absolute Gasteiger partial charge is 0.386 e. The zero-order valence-corrected chi connectivity index (χ0v) is 7.97. The molecule has 0 aliphatic heterocycles. The normalized spacial score (nSPS) is 12.1. The Morgan fingerprint density at radius 3 is 2.36 bits per heavy atom. The fourth-order valence-corrected chi connectivity index (χ4v) is 1.86. The molecule has 0 aliphatic carbocycles. The quantitative estimate of drug-likeness (QED) is 0.655. The summed E-state index contributed by atoms with van der Waals surface area (Å²) in [6.45, 7) is 3.09. The maximum atomic E-state index is 13.0. The fourth-order valence-electron chi connectivity index (χ4n) is 0.746. The predicted octanol–water partition coefficient (Wildman–Crippen LogP) is 2.40. The Morgan fingerprint density at radius 1 is 1.64 bits per heavy atom. The van der Waals surface area contributed by atoms with E-state index in [1.165, 1.54) is 11.3 Å². The topological polar surface area (TPSA) is 20.2 Å². The van der Waals surface area contributed by atoms with Crippen molar-refractivity contribution in [2.24, 2.45) is 0 Å². The highest BCUT2D eigenvalue weighted by Gasteiger charge is 2.23. The van der Waals surface area contributed by atoms with Gasteiger partial charge in [-0.25, -0.2) is 4.39 Å². The number of halogens is 1. The van der Waals surface area contributed by atoms with Gasteiger partial charge in [-0.05, 0) is 13.8 Å². The summed E-state index contributed by atoms with van der Waals surface area (Å²) in [5, 5.41) is 11.0. The van der Waals surface area contributed by atoms with Gasteiger partial charge in [0, 0.05) is 10.9 Å². The predicted molar refractivity (Wildman–Crippen MR) is 46.8 cm³/mol. The monoisotopic (exact) mass is 192 g/mol. The molecule has 1 aromatic heterocycles. The van der Waals surface area contributed by atoms with Gasteiger partial charge >= 0.3 is 0 Å². The summed E-state index contributed by atoms with van der Waals surface area (Å²) in [5.74, 6) is -0.411. The Kier molecular flexibility index (Phi) is 2.27. The first-order chi connectivity index (χ1) is 4.93. The molecule has 0 aliphatic rings. The minimum atomic E-state index is -1.11. The first-order valence-electron chi connectivity index (χ1n) is 3.11. The highest BCUT2D eigenvalue weighted by atomic mass is 32.2. The number of aliphatic hydroxyl groups is 1. The van der Waals surface area contributed by atoms with Gasteiger partial charge in [0.1, 0.15) is 0 Å². The van der Waals surface area contributed by atoms with E-state index in [1.54, 1.807) is 19.2 Å². The lowest BCUT2D eigenvalue weighted by Gasteiger charge is -2.15. The van der Waals surface area contributed by atoms with Crippen molar-refractivity contribution in [3.8, 4) is 0 Å². The highest BCUT2D eigenvalue weighted by molar-refractivity contribution is 7.82. The molecule has 1 N–H and O–H groups in total. The molecule has 1 rings (SSSR count). The molecule has 0 radical (unpaired) electrons. The summed E-state index contributed by atoms with van der Waals surface area (Å²) in [7, 11) is 0. The van der Waals surface area contributed by atoms with Gasteiger partial charge in [0.05, 0.1) is 9.81 Å². The van der Waals surface area contributed by atoms with E-state index in [4.69, 9.17) is 0 Å². The van der Waals surface area contributed by atoms with E-state index in [-0.39, 0.29) is 0 Å². The first kappa shape index (κ1) is 9.03. The number of rotatable bonds is 1. The van der Waals surface area contributed by atoms with Crippen molar-refractivity contribution in [1.29, 1.82) is 0 Å². The van der Waals surface area contributed by atoms with Crippen LogP contribution >= 0.6 is 24.0 Å². The Labute approximate surface area is 74.3 Å². The lowest BCUT2D eigenvalue weighted by Crippen LogP contribution is -2.15. The molecule has 11 heavy (non-hydrogen) atoms. The van der Waals surface area contributed by atoms with Crippen LogP contribution in [0.1, 0.15) is 19.4 Å². The zero-order chi connectivity index (χ0) is 8.65. The van der Waals surface area contributed by atoms with Gasteiger partial charge in [-0.2, -0.15) is 0 Å². The maximum Gasteiger partial charge on any atom is 0.153 e. The first-order valence-corrected chi connectivity index (χ1v) is 4.44. The van der Waals surface area contributed by atoms with Crippen LogP contribution in [0.4, 0.5) is 4.39 Å². The van der Waals surface area contributed by atoms with Crippen LogP contribution in [-0.2, 0) is 5.60 Å². The van der Waals surface area contributed by atoms with Gasteiger partial charge in [0.15, 0.2) is 5.82 Å². The molecule has 0 amide bonds. The molecule has 0 fully saturated rings. The Hall–Kier alpha value is -0.0600. The second-order valence-corrected chi connectivity index (χ2v) is 4.46. The maximum absolute atomic E-state index is 13.0. The average molecular weight is 192 g/mol. The standard InChI is InChI=1S/C7H9FOS2/c1-7(2,9)4-3-11-6(10)5(4)8/h3,9-10H,1-2H3. The van der Waals surface area contributed by atoms with E-state index >= 15 is 0 Å². The highest BCUT2D eigenvalue weighted by Crippen LogP contribution is 2.31. The number of thiophene rings is 1. The van der Waals surface area contributed by atoms with Crippen LogP contribution in [0.3, 0.4) is 0 Å². The van der Waals surface area contributed by atoms with Crippen molar-refractivity contribution in [1.82, 2.24) is 0 Å². The molecule has 0 saturated carbocycles. The molecule has 1 nitrogen and oxygen atoms in total. The van der Waals surface area contributed by atoms with E-state index < -0.39 is 11.4 Å². The molecular formula is C7H9FOS2. The number of hydrogen-bond acceptors (Lipinski definition) is 3. The lowest BCUT2D eigenvalue weighted by molar-refractivity contribution is 0.0748. The third-order valence-corrected chi connectivity index (χ3v) is 2.64. The summed E-state index contributed by atoms with van der Waals surface area (Å²) >= 11 is 5.07. The smallest absolute Gasteiger partial charge is 0.153 e. The van der Waals surface area contributed by atoms with Crippen molar-refractivity contribution in [2.75, 3.05) is 0 Å². The Balaban J connectivity index is 3.15. The molecule has 0 saturated heterocycles. The molecule has 0 unspecified atom stereocenters. The van der Waals surface area contributed by atoms with Crippen LogP contribution in [-0.4, -0.2) is 5.11 Å². The molecule has 62 valence electrons. The summed E-state index contributed by atoms with van der Waals surface area (Å²) in [6, 6.07) is 0. The number of hydrogen-bond donors (Lipinski definition) is 2. The molecule has 0 bridgehead atoms. The summed E-state index contributed by atoms with van der Waals surface area (Å²) in [6.07, 6.45) is 0. The zero-order valence-electron chi connectivity index (χ0n) is 6.26. The van der Waals surface area contributed by atoms with Crippen LogP contribution < -0.4 is 0 Å². The Bertz CT molecular complexity index is 262. The summed E-state index contributed by atoms with van der Waals surface area (Å²) in [4.78, 5) is 0. The van der Waals surface area contributed by atoms with E-state index in [0.717, 1.165) is 0 Å². The van der Waals surface area contributed by atoms with E-state index in [2.05, 4.69) is 12.6 Å². The van der Waals surface area contributed by atoms with Gasteiger partial charge < -0.3 is 5.11 Å². The van der Waals surface area contributed by atoms with E-state index in [0.29, 0.717) is 9.77 Å². The second kappa shape index (κ2) is 2.77. The second-order valence-electron chi connectivity index (χ2n) is 2.83. The van der Waals surface area contributed by atoms with Crippen LogP contribution in [0.5, 0.6) is 0 Å². The number of thiol groups is 1. The molecule has 0 atom stereocenters. The minimum absolute atomic E-state index is 0.313. The molecule has 0 spiro atoms. The fraction of sp³-hybridized carbons (Fsp3) is 0.429. The van der Waals surface area contributed by atoms with Crippen LogP contribution in [0.2, 0.25) is 0 Å². The van der Waals surface area contributed by atoms with Crippen molar-refractivity contribution in [3.05, 3.63) is 16.8 Å². The van der Waals surface area contributed by atoms with Crippen molar-refractivity contribution in [2.45, 2.75) is 23.7 Å². The van der Waals surface area contributed by atoms with Crippen molar-refractivity contribution in [3.63, 3.8) is 0 Å². The SMILES string of the molecule is CC(C)(O)c1csc(S)c1F. The molecule has 1 aromatic rings. The summed E-state index contributed by atoms with van der Waals surface area (Å²) in [5.41, 5.74) is -0.797. The van der Waals surface area contributed by atoms with Crippen molar-refractivity contribution < 1.29 is 9.50 Å². The molecule has 1 heterocycles. The van der Waals surface area contributed by atoms with Gasteiger partial charge in [-0.1, -0.05) is 0 Å². The summed E-state index contributed by atoms with van der Waals surface area (Å²) < 4.78 is 13.4. The molecule has 4 heteroatoms. The lowest BCUT2D eigenvalue weighted by atomic mass is 10.0. The van der Waals surface area contributed by atoms with Gasteiger partial charge in [-0.15, -0.1) is 24.0 Å². The van der Waals surface area contributed by atoms with Gasteiger partial charge in [0.25, 0.3) is 0 Å². The van der Waals surface area contributed by atoms with E-state index in [1.807, 2.05) is 0 Å². The van der Waals surface area contributed by atoms with E-state index in [9.17, 15) is 9.50 Å². The van der Waals surface area contributed by atoms with Gasteiger partial charge in [-0.3, -0.25) is 0 Å². The average Bonchev–Trinajstić information content (AvgIpc) is 2.11. The van der Waals surface area contributed by atoms with Crippen LogP contribution in [0.25, 0.3) is 0 Å². The van der Waals surface area contributed by atoms with Gasteiger partial charge in [0.2, 0.25) is 0 Å². The third kappa shape index (κ3) is 1.75. The minimum Gasteiger partial charge on any atom is -0.386 e. The molecule has 0 aromatic carbocycles. The van der Waals surface area contributed by atoms with Crippen LogP contribution in [0.15, 0.2) is 9.59 Å².